The number of ether oxygens (including phenoxy) is 1. The van der Waals surface area contributed by atoms with Crippen molar-refractivity contribution in [1.29, 1.82) is 0 Å². The fourth-order valence-corrected chi connectivity index (χ4v) is 1.44. The zero-order valence-corrected chi connectivity index (χ0v) is 9.94. The van der Waals surface area contributed by atoms with Gasteiger partial charge in [0.25, 0.3) is 5.89 Å². The van der Waals surface area contributed by atoms with Crippen LogP contribution in [0.15, 0.2) is 22.6 Å². The summed E-state index contributed by atoms with van der Waals surface area (Å²) in [7, 11) is 0. The van der Waals surface area contributed by atoms with Gasteiger partial charge in [0.15, 0.2) is 12.4 Å². The SMILES string of the molecule is CC(=O)c1ccc(F)cc1OCc1nnc(C)o1. The maximum Gasteiger partial charge on any atom is 0.253 e. The normalized spacial score (nSPS) is 10.4. The monoisotopic (exact) mass is 250 g/mol. The van der Waals surface area contributed by atoms with E-state index in [1.54, 1.807) is 6.92 Å². The summed E-state index contributed by atoms with van der Waals surface area (Å²) < 4.78 is 23.5. The second kappa shape index (κ2) is 4.95. The number of rotatable bonds is 4. The van der Waals surface area contributed by atoms with Gasteiger partial charge in [0.1, 0.15) is 11.6 Å². The van der Waals surface area contributed by atoms with Gasteiger partial charge >= 0.3 is 0 Å². The van der Waals surface area contributed by atoms with Crippen LogP contribution in [0.3, 0.4) is 0 Å². The highest BCUT2D eigenvalue weighted by Crippen LogP contribution is 2.21. The quantitative estimate of drug-likeness (QED) is 0.779. The van der Waals surface area contributed by atoms with Crippen molar-refractivity contribution in [3.8, 4) is 5.75 Å². The van der Waals surface area contributed by atoms with Crippen molar-refractivity contribution < 1.29 is 18.3 Å². The Balaban J connectivity index is 2.17. The molecule has 0 radical (unpaired) electrons. The van der Waals surface area contributed by atoms with Crippen molar-refractivity contribution in [3.05, 3.63) is 41.4 Å². The van der Waals surface area contributed by atoms with Crippen LogP contribution in [0.1, 0.15) is 29.1 Å². The number of benzene rings is 1. The fourth-order valence-electron chi connectivity index (χ4n) is 1.44. The number of aryl methyl sites for hydroxylation is 1. The first-order valence-electron chi connectivity index (χ1n) is 5.28. The molecule has 1 aromatic carbocycles. The van der Waals surface area contributed by atoms with Crippen LogP contribution in [0.4, 0.5) is 4.39 Å². The second-order valence-electron chi connectivity index (χ2n) is 3.70. The number of ketones is 1. The Labute approximate surface area is 103 Å². The molecule has 2 aromatic rings. The predicted molar refractivity (Wildman–Crippen MR) is 59.8 cm³/mol. The molecule has 0 atom stereocenters. The van der Waals surface area contributed by atoms with E-state index in [-0.39, 0.29) is 24.0 Å². The number of carbonyl (C=O) groups excluding carboxylic acids is 1. The molecular formula is C12H11FN2O3. The van der Waals surface area contributed by atoms with Gasteiger partial charge in [-0.3, -0.25) is 4.79 Å². The molecule has 0 aliphatic heterocycles. The van der Waals surface area contributed by atoms with Crippen molar-refractivity contribution in [2.75, 3.05) is 0 Å². The van der Waals surface area contributed by atoms with E-state index in [0.717, 1.165) is 6.07 Å². The highest BCUT2D eigenvalue weighted by Gasteiger charge is 2.11. The molecule has 94 valence electrons. The number of nitrogens with zero attached hydrogens (tertiary/aromatic N) is 2. The molecule has 0 unspecified atom stereocenters. The fraction of sp³-hybridized carbons (Fsp3) is 0.250. The Morgan fingerprint density at radius 1 is 1.44 bits per heavy atom. The van der Waals surface area contributed by atoms with Crippen LogP contribution >= 0.6 is 0 Å². The van der Waals surface area contributed by atoms with Gasteiger partial charge < -0.3 is 9.15 Å². The summed E-state index contributed by atoms with van der Waals surface area (Å²) in [4.78, 5) is 11.3. The molecule has 0 saturated heterocycles. The highest BCUT2D eigenvalue weighted by atomic mass is 19.1. The van der Waals surface area contributed by atoms with E-state index in [1.165, 1.54) is 19.1 Å². The van der Waals surface area contributed by atoms with Crippen LogP contribution in [-0.4, -0.2) is 16.0 Å². The molecule has 0 spiro atoms. The molecule has 0 aliphatic rings. The number of hydrogen-bond acceptors (Lipinski definition) is 5. The van der Waals surface area contributed by atoms with Gasteiger partial charge in [-0.25, -0.2) is 4.39 Å². The Morgan fingerprint density at radius 3 is 2.83 bits per heavy atom. The van der Waals surface area contributed by atoms with Gasteiger partial charge in [-0.1, -0.05) is 0 Å². The van der Waals surface area contributed by atoms with Gasteiger partial charge in [0.2, 0.25) is 5.89 Å². The van der Waals surface area contributed by atoms with Gasteiger partial charge in [-0.2, -0.15) is 0 Å². The Hall–Kier alpha value is -2.24. The second-order valence-corrected chi connectivity index (χ2v) is 3.70. The molecule has 6 heteroatoms. The molecule has 0 saturated carbocycles. The first-order valence-corrected chi connectivity index (χ1v) is 5.28. The van der Waals surface area contributed by atoms with Crippen molar-refractivity contribution in [3.63, 3.8) is 0 Å². The number of aromatic nitrogens is 2. The maximum atomic E-state index is 13.1. The molecule has 1 aromatic heterocycles. The number of hydrogen-bond donors (Lipinski definition) is 0. The third kappa shape index (κ3) is 2.71. The minimum absolute atomic E-state index is 0.00935. The van der Waals surface area contributed by atoms with Gasteiger partial charge in [-0.15, -0.1) is 10.2 Å². The molecule has 0 bridgehead atoms. The largest absolute Gasteiger partial charge is 0.483 e. The van der Waals surface area contributed by atoms with Crippen LogP contribution < -0.4 is 4.74 Å². The van der Waals surface area contributed by atoms with Crippen molar-refractivity contribution in [2.45, 2.75) is 20.5 Å². The standard InChI is InChI=1S/C12H11FN2O3/c1-7(16)10-4-3-9(13)5-11(10)17-6-12-15-14-8(2)18-12/h3-5H,6H2,1-2H3. The van der Waals surface area contributed by atoms with Crippen LogP contribution in [0.25, 0.3) is 0 Å². The summed E-state index contributed by atoms with van der Waals surface area (Å²) in [6.45, 7) is 3.03. The van der Waals surface area contributed by atoms with E-state index in [0.29, 0.717) is 11.5 Å². The summed E-state index contributed by atoms with van der Waals surface area (Å²) >= 11 is 0. The van der Waals surface area contributed by atoms with E-state index in [4.69, 9.17) is 9.15 Å². The molecule has 0 fully saturated rings. The molecule has 0 N–H and O–H groups in total. The Kier molecular flexibility index (Phi) is 3.36. The highest BCUT2D eigenvalue weighted by molar-refractivity contribution is 5.96. The Morgan fingerprint density at radius 2 is 2.22 bits per heavy atom. The van der Waals surface area contributed by atoms with Crippen LogP contribution in [-0.2, 0) is 6.61 Å². The van der Waals surface area contributed by atoms with Crippen LogP contribution in [0.2, 0.25) is 0 Å². The van der Waals surface area contributed by atoms with E-state index in [2.05, 4.69) is 10.2 Å². The summed E-state index contributed by atoms with van der Waals surface area (Å²) in [5.74, 6) is 0.174. The smallest absolute Gasteiger partial charge is 0.253 e. The minimum atomic E-state index is -0.475. The van der Waals surface area contributed by atoms with E-state index in [1.807, 2.05) is 0 Å². The maximum absolute atomic E-state index is 13.1. The lowest BCUT2D eigenvalue weighted by Crippen LogP contribution is -2.02. The molecule has 0 aliphatic carbocycles. The average Bonchev–Trinajstić information content (AvgIpc) is 2.72. The van der Waals surface area contributed by atoms with Gasteiger partial charge in [0, 0.05) is 13.0 Å². The van der Waals surface area contributed by atoms with Crippen molar-refractivity contribution in [2.24, 2.45) is 0 Å². The zero-order valence-electron chi connectivity index (χ0n) is 9.94. The van der Waals surface area contributed by atoms with E-state index in [9.17, 15) is 9.18 Å². The number of halogens is 1. The van der Waals surface area contributed by atoms with Crippen LogP contribution in [0, 0.1) is 12.7 Å². The summed E-state index contributed by atoms with van der Waals surface area (Å²) in [6, 6.07) is 3.74. The molecule has 2 rings (SSSR count). The molecular weight excluding hydrogens is 239 g/mol. The zero-order chi connectivity index (χ0) is 13.1. The number of carbonyl (C=O) groups is 1. The van der Waals surface area contributed by atoms with E-state index < -0.39 is 5.82 Å². The third-order valence-electron chi connectivity index (χ3n) is 2.24. The summed E-state index contributed by atoms with van der Waals surface area (Å²) in [6.07, 6.45) is 0. The topological polar surface area (TPSA) is 65.2 Å². The summed E-state index contributed by atoms with van der Waals surface area (Å²) in [5.41, 5.74) is 0.313. The lowest BCUT2D eigenvalue weighted by Gasteiger charge is -2.07. The van der Waals surface area contributed by atoms with Gasteiger partial charge in [0.05, 0.1) is 5.56 Å². The first kappa shape index (κ1) is 12.2. The lowest BCUT2D eigenvalue weighted by atomic mass is 10.1. The molecule has 5 nitrogen and oxygen atoms in total. The first-order chi connectivity index (χ1) is 8.56. The Bertz CT molecular complexity index is 580. The summed E-state index contributed by atoms with van der Waals surface area (Å²) in [5, 5.41) is 7.37. The predicted octanol–water partition coefficient (Wildman–Crippen LogP) is 2.30. The lowest BCUT2D eigenvalue weighted by molar-refractivity contribution is 0.101. The number of Topliss-reactive ketones (excluding diaryl/α,β-unsaturated/α-hetero) is 1. The molecule has 18 heavy (non-hydrogen) atoms. The third-order valence-corrected chi connectivity index (χ3v) is 2.24. The minimum Gasteiger partial charge on any atom is -0.483 e. The van der Waals surface area contributed by atoms with Gasteiger partial charge in [-0.05, 0) is 19.1 Å². The van der Waals surface area contributed by atoms with E-state index >= 15 is 0 Å². The molecule has 0 amide bonds. The average molecular weight is 250 g/mol. The van der Waals surface area contributed by atoms with Crippen LogP contribution in [0.5, 0.6) is 5.75 Å². The molecule has 1 heterocycles. The van der Waals surface area contributed by atoms with Crippen molar-refractivity contribution >= 4 is 5.78 Å². The van der Waals surface area contributed by atoms with Crippen molar-refractivity contribution in [1.82, 2.24) is 10.2 Å².